The number of nitrogens with two attached hydrogens (primary N) is 1. The second-order valence-electron chi connectivity index (χ2n) is 4.61. The third-order valence-electron chi connectivity index (χ3n) is 3.49. The van der Waals surface area contributed by atoms with Crippen LogP contribution in [-0.2, 0) is 10.3 Å². The van der Waals surface area contributed by atoms with Gasteiger partial charge in [0.25, 0.3) is 0 Å². The second kappa shape index (κ2) is 3.74. The molecule has 1 aliphatic rings. The van der Waals surface area contributed by atoms with Crippen LogP contribution >= 0.6 is 0 Å². The Hall–Kier alpha value is -2.01. The Bertz CT molecular complexity index is 620. The fourth-order valence-corrected chi connectivity index (χ4v) is 2.68. The smallest absolute Gasteiger partial charge is 0.408 e. The molecule has 0 saturated carbocycles. The molecule has 1 unspecified atom stereocenters. The van der Waals surface area contributed by atoms with Crippen molar-refractivity contribution in [2.45, 2.75) is 12.5 Å². The number of hydrogen-bond acceptors (Lipinski definition) is 3. The number of rotatable bonds is 2. The van der Waals surface area contributed by atoms with Gasteiger partial charge < -0.3 is 20.8 Å². The van der Waals surface area contributed by atoms with Gasteiger partial charge in [0.15, 0.2) is 5.60 Å². The molecule has 5 nitrogen and oxygen atoms in total. The van der Waals surface area contributed by atoms with Gasteiger partial charge in [0.1, 0.15) is 0 Å². The molecule has 1 aliphatic heterocycles. The van der Waals surface area contributed by atoms with E-state index in [4.69, 9.17) is 10.5 Å². The first kappa shape index (κ1) is 11.1. The Balaban J connectivity index is 2.24. The summed E-state index contributed by atoms with van der Waals surface area (Å²) in [6.45, 7) is 2.64. The molecule has 0 bridgehead atoms. The average Bonchev–Trinajstić information content (AvgIpc) is 2.89. The van der Waals surface area contributed by atoms with Crippen molar-refractivity contribution in [3.05, 3.63) is 35.5 Å². The van der Waals surface area contributed by atoms with Crippen LogP contribution in [0.4, 0.5) is 4.79 Å². The van der Waals surface area contributed by atoms with Crippen LogP contribution in [0.5, 0.6) is 0 Å². The number of amides is 1. The van der Waals surface area contributed by atoms with E-state index in [-0.39, 0.29) is 6.54 Å². The SMILES string of the molecule is Cc1[nH]c2ccccc2c1C1(CN)CNC(=O)O1. The molecule has 2 aromatic rings. The van der Waals surface area contributed by atoms with Crippen LogP contribution < -0.4 is 11.1 Å². The quantitative estimate of drug-likeness (QED) is 0.747. The number of alkyl carbamates (subject to hydrolysis) is 1. The summed E-state index contributed by atoms with van der Waals surface area (Å²) < 4.78 is 5.44. The average molecular weight is 245 g/mol. The van der Waals surface area contributed by atoms with Crippen LogP contribution in [0.3, 0.4) is 0 Å². The van der Waals surface area contributed by atoms with Crippen molar-refractivity contribution in [1.29, 1.82) is 0 Å². The molecule has 1 aromatic heterocycles. The first-order valence-electron chi connectivity index (χ1n) is 5.91. The minimum absolute atomic E-state index is 0.258. The molecule has 1 amide bonds. The van der Waals surface area contributed by atoms with E-state index in [2.05, 4.69) is 10.3 Å². The number of aromatic nitrogens is 1. The number of ether oxygens (including phenoxy) is 1. The Labute approximate surface area is 104 Å². The van der Waals surface area contributed by atoms with Gasteiger partial charge >= 0.3 is 6.09 Å². The van der Waals surface area contributed by atoms with Crippen LogP contribution in [0.2, 0.25) is 0 Å². The number of fused-ring (bicyclic) bond motifs is 1. The van der Waals surface area contributed by atoms with Gasteiger partial charge in [-0.2, -0.15) is 0 Å². The van der Waals surface area contributed by atoms with Crippen molar-refractivity contribution in [2.24, 2.45) is 5.73 Å². The Morgan fingerprint density at radius 3 is 2.89 bits per heavy atom. The summed E-state index contributed by atoms with van der Waals surface area (Å²) in [4.78, 5) is 14.7. The zero-order valence-corrected chi connectivity index (χ0v) is 10.1. The molecule has 1 atom stereocenters. The van der Waals surface area contributed by atoms with E-state index in [0.717, 1.165) is 22.2 Å². The highest BCUT2D eigenvalue weighted by molar-refractivity contribution is 5.86. The molecule has 1 fully saturated rings. The number of aromatic amines is 1. The number of aryl methyl sites for hydroxylation is 1. The van der Waals surface area contributed by atoms with Gasteiger partial charge in [-0.15, -0.1) is 0 Å². The van der Waals surface area contributed by atoms with Crippen molar-refractivity contribution in [2.75, 3.05) is 13.1 Å². The first-order valence-corrected chi connectivity index (χ1v) is 5.91. The maximum absolute atomic E-state index is 11.4. The largest absolute Gasteiger partial charge is 0.435 e. The highest BCUT2D eigenvalue weighted by Gasteiger charge is 2.43. The molecule has 94 valence electrons. The van der Waals surface area contributed by atoms with Crippen molar-refractivity contribution in [3.63, 3.8) is 0 Å². The number of H-pyrrole nitrogens is 1. The van der Waals surface area contributed by atoms with Crippen molar-refractivity contribution in [3.8, 4) is 0 Å². The minimum atomic E-state index is -0.763. The standard InChI is InChI=1S/C13H15N3O2/c1-8-11(9-4-2-3-5-10(9)16-8)13(6-14)7-15-12(17)18-13/h2-5,16H,6-7,14H2,1H3,(H,15,17). The maximum atomic E-state index is 11.4. The minimum Gasteiger partial charge on any atom is -0.435 e. The predicted octanol–water partition coefficient (Wildman–Crippen LogP) is 1.37. The topological polar surface area (TPSA) is 80.1 Å². The fourth-order valence-electron chi connectivity index (χ4n) is 2.68. The number of nitrogens with one attached hydrogen (secondary N) is 2. The van der Waals surface area contributed by atoms with Gasteiger partial charge in [0.2, 0.25) is 0 Å². The fraction of sp³-hybridized carbons (Fsp3) is 0.308. The molecule has 0 spiro atoms. The van der Waals surface area contributed by atoms with Gasteiger partial charge in [-0.25, -0.2) is 4.79 Å². The third-order valence-corrected chi connectivity index (χ3v) is 3.49. The lowest BCUT2D eigenvalue weighted by Crippen LogP contribution is -2.39. The summed E-state index contributed by atoms with van der Waals surface area (Å²) in [6.07, 6.45) is -0.412. The summed E-state index contributed by atoms with van der Waals surface area (Å²) in [5.74, 6) is 0. The molecule has 1 aromatic carbocycles. The monoisotopic (exact) mass is 245 g/mol. The Kier molecular flexibility index (Phi) is 2.31. The number of para-hydroxylation sites is 1. The van der Waals surface area contributed by atoms with Gasteiger partial charge in [0.05, 0.1) is 6.54 Å². The van der Waals surface area contributed by atoms with E-state index < -0.39 is 11.7 Å². The first-order chi connectivity index (χ1) is 8.66. The van der Waals surface area contributed by atoms with Crippen molar-refractivity contribution in [1.82, 2.24) is 10.3 Å². The molecule has 0 radical (unpaired) electrons. The molecular formula is C13H15N3O2. The molecule has 5 heteroatoms. The Morgan fingerprint density at radius 2 is 2.22 bits per heavy atom. The summed E-state index contributed by atoms with van der Waals surface area (Å²) in [5.41, 5.74) is 8.07. The maximum Gasteiger partial charge on any atom is 0.408 e. The van der Waals surface area contributed by atoms with Crippen LogP contribution in [-0.4, -0.2) is 24.2 Å². The highest BCUT2D eigenvalue weighted by atomic mass is 16.6. The van der Waals surface area contributed by atoms with Crippen LogP contribution in [0, 0.1) is 6.92 Å². The molecule has 18 heavy (non-hydrogen) atoms. The van der Waals surface area contributed by atoms with Gasteiger partial charge in [-0.3, -0.25) is 0 Å². The molecule has 2 heterocycles. The second-order valence-corrected chi connectivity index (χ2v) is 4.61. The number of carbonyl (C=O) groups is 1. The van der Waals surface area contributed by atoms with Crippen LogP contribution in [0.1, 0.15) is 11.3 Å². The highest BCUT2D eigenvalue weighted by Crippen LogP contribution is 2.36. The molecule has 0 aliphatic carbocycles. The number of hydrogen-bond donors (Lipinski definition) is 3. The summed E-state index contributed by atoms with van der Waals surface area (Å²) in [7, 11) is 0. The lowest BCUT2D eigenvalue weighted by molar-refractivity contribution is 0.0624. The van der Waals surface area contributed by atoms with E-state index >= 15 is 0 Å². The molecular weight excluding hydrogens is 230 g/mol. The molecule has 3 rings (SSSR count). The van der Waals surface area contributed by atoms with Crippen LogP contribution in [0.25, 0.3) is 10.9 Å². The van der Waals surface area contributed by atoms with E-state index in [1.165, 1.54) is 0 Å². The lowest BCUT2D eigenvalue weighted by Gasteiger charge is -2.25. The lowest BCUT2D eigenvalue weighted by atomic mass is 9.91. The zero-order valence-electron chi connectivity index (χ0n) is 10.1. The van der Waals surface area contributed by atoms with Gasteiger partial charge in [-0.05, 0) is 13.0 Å². The summed E-state index contributed by atoms with van der Waals surface area (Å²) in [5, 5.41) is 3.74. The number of benzene rings is 1. The molecule has 1 saturated heterocycles. The zero-order chi connectivity index (χ0) is 12.8. The molecule has 4 N–H and O–H groups in total. The van der Waals surface area contributed by atoms with Gasteiger partial charge in [-0.1, -0.05) is 18.2 Å². The number of cyclic esters (lactones) is 1. The Morgan fingerprint density at radius 1 is 1.44 bits per heavy atom. The number of carbonyl (C=O) groups excluding carboxylic acids is 1. The van der Waals surface area contributed by atoms with Crippen molar-refractivity contribution >= 4 is 17.0 Å². The van der Waals surface area contributed by atoms with E-state index in [1.807, 2.05) is 31.2 Å². The van der Waals surface area contributed by atoms with Crippen molar-refractivity contribution < 1.29 is 9.53 Å². The van der Waals surface area contributed by atoms with Crippen LogP contribution in [0.15, 0.2) is 24.3 Å². The normalized spacial score (nSPS) is 23.1. The van der Waals surface area contributed by atoms with E-state index in [0.29, 0.717) is 6.54 Å². The summed E-state index contributed by atoms with van der Waals surface area (Å²) >= 11 is 0. The predicted molar refractivity (Wildman–Crippen MR) is 68.3 cm³/mol. The van der Waals surface area contributed by atoms with Gasteiger partial charge in [0, 0.05) is 28.7 Å². The van der Waals surface area contributed by atoms with E-state index in [1.54, 1.807) is 0 Å². The van der Waals surface area contributed by atoms with E-state index in [9.17, 15) is 4.79 Å². The third kappa shape index (κ3) is 1.41. The summed E-state index contributed by atoms with van der Waals surface area (Å²) in [6, 6.07) is 7.95.